The predicted molar refractivity (Wildman–Crippen MR) is 150 cm³/mol. The highest BCUT2D eigenvalue weighted by Crippen LogP contribution is 2.36. The molecular weight excluding hydrogens is 627 g/mol. The van der Waals surface area contributed by atoms with Crippen molar-refractivity contribution in [3.8, 4) is 16.9 Å². The fourth-order valence-electron chi connectivity index (χ4n) is 4.82. The largest absolute Gasteiger partial charge is 0.432 e. The van der Waals surface area contributed by atoms with Crippen LogP contribution in [0.5, 0.6) is 5.75 Å². The number of ether oxygens (including phenoxy) is 3. The minimum atomic E-state index is -4.72. The SMILES string of the molecule is CC1COC(c2ccc(-c3cc(F)c(/C=C/CCc4cc(F)c(C(F)(F)Oc5cc(F)c(F)c(F)c5)c(F)c4)c(F)c3)cc2)OC1. The molecule has 0 amide bonds. The van der Waals surface area contributed by atoms with E-state index in [9.17, 15) is 39.5 Å². The van der Waals surface area contributed by atoms with Gasteiger partial charge in [-0.25, -0.2) is 30.7 Å². The van der Waals surface area contributed by atoms with Crippen molar-refractivity contribution in [1.29, 1.82) is 0 Å². The highest BCUT2D eigenvalue weighted by molar-refractivity contribution is 5.67. The van der Waals surface area contributed by atoms with Gasteiger partial charge in [0, 0.05) is 29.2 Å². The summed E-state index contributed by atoms with van der Waals surface area (Å²) in [5.41, 5.74) is -0.638. The summed E-state index contributed by atoms with van der Waals surface area (Å²) in [7, 11) is 0. The van der Waals surface area contributed by atoms with Crippen molar-refractivity contribution in [2.45, 2.75) is 32.2 Å². The smallest absolute Gasteiger partial charge is 0.429 e. The molecule has 1 aliphatic heterocycles. The van der Waals surface area contributed by atoms with E-state index in [2.05, 4.69) is 4.74 Å². The van der Waals surface area contributed by atoms with E-state index in [4.69, 9.17) is 9.47 Å². The van der Waals surface area contributed by atoms with E-state index in [0.717, 1.165) is 23.8 Å². The summed E-state index contributed by atoms with van der Waals surface area (Å²) in [6, 6.07) is 10.6. The zero-order valence-corrected chi connectivity index (χ0v) is 24.0. The van der Waals surface area contributed by atoms with Gasteiger partial charge in [-0.15, -0.1) is 0 Å². The fraction of sp³-hybridized carbons (Fsp3) is 0.235. The molecule has 0 spiro atoms. The van der Waals surface area contributed by atoms with E-state index in [1.165, 1.54) is 6.08 Å². The van der Waals surface area contributed by atoms with Crippen LogP contribution in [0.3, 0.4) is 0 Å². The van der Waals surface area contributed by atoms with Gasteiger partial charge in [-0.05, 0) is 53.8 Å². The lowest BCUT2D eigenvalue weighted by Gasteiger charge is -2.27. The van der Waals surface area contributed by atoms with Crippen molar-refractivity contribution >= 4 is 6.08 Å². The molecule has 3 nitrogen and oxygen atoms in total. The normalized spacial score (nSPS) is 17.1. The van der Waals surface area contributed by atoms with Gasteiger partial charge >= 0.3 is 6.11 Å². The van der Waals surface area contributed by atoms with Gasteiger partial charge in [0.15, 0.2) is 23.7 Å². The van der Waals surface area contributed by atoms with Gasteiger partial charge in [-0.2, -0.15) is 8.78 Å². The molecule has 1 fully saturated rings. The quantitative estimate of drug-likeness (QED) is 0.133. The Kier molecular flexibility index (Phi) is 9.78. The molecule has 0 saturated carbocycles. The molecular formula is C34H25F9O3. The predicted octanol–water partition coefficient (Wildman–Crippen LogP) is 9.78. The molecule has 0 atom stereocenters. The van der Waals surface area contributed by atoms with Crippen molar-refractivity contribution in [3.63, 3.8) is 0 Å². The Morgan fingerprint density at radius 1 is 0.739 bits per heavy atom. The first-order valence-electron chi connectivity index (χ1n) is 14.0. The zero-order chi connectivity index (χ0) is 33.2. The third-order valence-corrected chi connectivity index (χ3v) is 7.14. The van der Waals surface area contributed by atoms with Gasteiger partial charge in [-0.3, -0.25) is 0 Å². The van der Waals surface area contributed by atoms with Crippen LogP contribution in [0.4, 0.5) is 39.5 Å². The highest BCUT2D eigenvalue weighted by atomic mass is 19.3. The van der Waals surface area contributed by atoms with Gasteiger partial charge < -0.3 is 14.2 Å². The van der Waals surface area contributed by atoms with Crippen molar-refractivity contribution in [2.24, 2.45) is 5.92 Å². The van der Waals surface area contributed by atoms with Crippen LogP contribution in [-0.4, -0.2) is 13.2 Å². The molecule has 242 valence electrons. The lowest BCUT2D eigenvalue weighted by atomic mass is 10.0. The molecule has 46 heavy (non-hydrogen) atoms. The fourth-order valence-corrected chi connectivity index (χ4v) is 4.82. The van der Waals surface area contributed by atoms with Crippen LogP contribution < -0.4 is 4.74 Å². The second-order valence-electron chi connectivity index (χ2n) is 10.8. The van der Waals surface area contributed by atoms with E-state index in [1.807, 2.05) is 6.92 Å². The first-order chi connectivity index (χ1) is 21.8. The zero-order valence-electron chi connectivity index (χ0n) is 24.0. The number of hydrogen-bond acceptors (Lipinski definition) is 3. The van der Waals surface area contributed by atoms with Crippen LogP contribution in [0.1, 0.15) is 41.9 Å². The molecule has 4 aromatic rings. The maximum absolute atomic E-state index is 14.9. The number of aryl methyl sites for hydroxylation is 1. The van der Waals surface area contributed by atoms with Gasteiger partial charge in [0.1, 0.15) is 34.6 Å². The summed E-state index contributed by atoms with van der Waals surface area (Å²) in [4.78, 5) is 0. The second-order valence-corrected chi connectivity index (χ2v) is 10.8. The van der Waals surface area contributed by atoms with E-state index < -0.39 is 64.4 Å². The van der Waals surface area contributed by atoms with Crippen molar-refractivity contribution in [1.82, 2.24) is 0 Å². The molecule has 1 heterocycles. The lowest BCUT2D eigenvalue weighted by Crippen LogP contribution is -2.25. The Morgan fingerprint density at radius 3 is 1.87 bits per heavy atom. The highest BCUT2D eigenvalue weighted by Gasteiger charge is 2.41. The number of rotatable bonds is 9. The Balaban J connectivity index is 1.23. The Labute approximate surface area is 257 Å². The summed E-state index contributed by atoms with van der Waals surface area (Å²) < 4.78 is 143. The summed E-state index contributed by atoms with van der Waals surface area (Å²) in [6.45, 7) is 3.12. The molecule has 0 radical (unpaired) electrons. The van der Waals surface area contributed by atoms with Crippen molar-refractivity contribution < 1.29 is 53.7 Å². The van der Waals surface area contributed by atoms with Crippen LogP contribution >= 0.6 is 0 Å². The van der Waals surface area contributed by atoms with Gasteiger partial charge in [0.2, 0.25) is 0 Å². The number of alkyl halides is 2. The average molecular weight is 653 g/mol. The number of hydrogen-bond donors (Lipinski definition) is 0. The molecule has 5 rings (SSSR count). The minimum Gasteiger partial charge on any atom is -0.429 e. The molecule has 0 bridgehead atoms. The van der Waals surface area contributed by atoms with Gasteiger partial charge in [-0.1, -0.05) is 43.3 Å². The third-order valence-electron chi connectivity index (χ3n) is 7.14. The maximum atomic E-state index is 14.9. The molecule has 0 unspecified atom stereocenters. The van der Waals surface area contributed by atoms with E-state index in [-0.39, 0.29) is 42.0 Å². The minimum absolute atomic E-state index is 0.0193. The molecule has 12 heteroatoms. The first-order valence-corrected chi connectivity index (χ1v) is 14.0. The lowest BCUT2D eigenvalue weighted by molar-refractivity contribution is -0.202. The van der Waals surface area contributed by atoms with E-state index in [0.29, 0.717) is 36.5 Å². The number of allylic oxidation sites excluding steroid dienone is 1. The Hall–Kier alpha value is -4.29. The average Bonchev–Trinajstić information content (AvgIpc) is 2.99. The van der Waals surface area contributed by atoms with Crippen LogP contribution in [0.15, 0.2) is 66.7 Å². The Morgan fingerprint density at radius 2 is 1.30 bits per heavy atom. The number of benzene rings is 4. The second kappa shape index (κ2) is 13.6. The van der Waals surface area contributed by atoms with Crippen LogP contribution in [-0.2, 0) is 22.0 Å². The van der Waals surface area contributed by atoms with Crippen LogP contribution in [0.25, 0.3) is 17.2 Å². The van der Waals surface area contributed by atoms with Crippen LogP contribution in [0.2, 0.25) is 0 Å². The molecule has 4 aromatic carbocycles. The molecule has 1 saturated heterocycles. The van der Waals surface area contributed by atoms with Crippen molar-refractivity contribution in [2.75, 3.05) is 13.2 Å². The molecule has 1 aliphatic rings. The monoisotopic (exact) mass is 652 g/mol. The summed E-state index contributed by atoms with van der Waals surface area (Å²) in [5.74, 6) is -11.7. The molecule has 0 aromatic heterocycles. The Bertz CT molecular complexity index is 1680. The van der Waals surface area contributed by atoms with Gasteiger partial charge in [0.05, 0.1) is 13.2 Å². The first kappa shape index (κ1) is 33.1. The van der Waals surface area contributed by atoms with Crippen LogP contribution in [0, 0.1) is 46.6 Å². The molecule has 0 N–H and O–H groups in total. The summed E-state index contributed by atoms with van der Waals surface area (Å²) >= 11 is 0. The van der Waals surface area contributed by atoms with Crippen molar-refractivity contribution in [3.05, 3.63) is 130 Å². The third kappa shape index (κ3) is 7.39. The maximum Gasteiger partial charge on any atom is 0.432 e. The summed E-state index contributed by atoms with van der Waals surface area (Å²) in [5, 5.41) is 0. The standard InChI is InChI=1S/C34H25F9O3/c1-18-16-44-33(45-17-18)21-8-6-20(7-9-21)22-12-25(35)24(26(36)13-22)5-3-2-4-19-10-27(37)31(28(38)11-19)34(42,43)46-23-14-29(39)32(41)30(40)15-23/h3,5-15,18,33H,2,4,16-17H2,1H3/b5-3+. The van der Waals surface area contributed by atoms with E-state index >= 15 is 0 Å². The van der Waals surface area contributed by atoms with Gasteiger partial charge in [0.25, 0.3) is 0 Å². The topological polar surface area (TPSA) is 27.7 Å². The summed E-state index contributed by atoms with van der Waals surface area (Å²) in [6.07, 6.45) is -2.82. The number of halogens is 9. The van der Waals surface area contributed by atoms with E-state index in [1.54, 1.807) is 24.3 Å². The molecule has 0 aliphatic carbocycles.